The van der Waals surface area contributed by atoms with Crippen LogP contribution in [0.2, 0.25) is 15.1 Å². The minimum absolute atomic E-state index is 0.0544. The first-order valence-corrected chi connectivity index (χ1v) is 9.31. The van der Waals surface area contributed by atoms with Crippen molar-refractivity contribution >= 4 is 70.0 Å². The highest BCUT2D eigenvalue weighted by Gasteiger charge is 2.80. The van der Waals surface area contributed by atoms with E-state index in [0.717, 1.165) is 0 Å². The normalized spacial score (nSPS) is 22.9. The highest BCUT2D eigenvalue weighted by molar-refractivity contribution is 6.55. The summed E-state index contributed by atoms with van der Waals surface area (Å²) in [5.41, 5.74) is 10.0. The zero-order valence-corrected chi connectivity index (χ0v) is 17.1. The molecule has 27 heavy (non-hydrogen) atoms. The summed E-state index contributed by atoms with van der Waals surface area (Å²) in [6.45, 7) is 0. The smallest absolute Gasteiger partial charge is 0.409 e. The molecule has 5 nitrogen and oxygen atoms in total. The fraction of sp³-hybridized carbons (Fsp3) is 0.176. The molecule has 0 saturated heterocycles. The molecule has 0 heterocycles. The van der Waals surface area contributed by atoms with Gasteiger partial charge in [-0.15, -0.1) is 0 Å². The standard InChI is InChI=1S/C17H11Cl5N2O3/c18-9-3-7(4-10(19)6-9)13-16(14(23)25,17(13,21)22)8-1-2-11(20)12(5-8)27-15(24)26/h1-6,13H,(H2,23,25)(H2,24,26). The van der Waals surface area contributed by atoms with Crippen LogP contribution in [-0.4, -0.2) is 16.3 Å². The molecule has 3 rings (SSSR count). The first kappa shape index (κ1) is 20.4. The van der Waals surface area contributed by atoms with Gasteiger partial charge in [0, 0.05) is 16.0 Å². The van der Waals surface area contributed by atoms with Crippen LogP contribution >= 0.6 is 58.0 Å². The van der Waals surface area contributed by atoms with Crippen LogP contribution in [0.1, 0.15) is 17.0 Å². The molecule has 2 unspecified atom stereocenters. The van der Waals surface area contributed by atoms with Gasteiger partial charge in [0.05, 0.1) is 5.02 Å². The molecule has 2 atom stereocenters. The monoisotopic (exact) mass is 466 g/mol. The second kappa shape index (κ2) is 6.90. The van der Waals surface area contributed by atoms with E-state index >= 15 is 0 Å². The van der Waals surface area contributed by atoms with Crippen molar-refractivity contribution in [2.75, 3.05) is 0 Å². The second-order valence-corrected chi connectivity index (χ2v) is 8.66. The molecule has 2 amide bonds. The highest BCUT2D eigenvalue weighted by Crippen LogP contribution is 2.74. The summed E-state index contributed by atoms with van der Waals surface area (Å²) in [5, 5.41) is 0.802. The van der Waals surface area contributed by atoms with Crippen LogP contribution in [0.15, 0.2) is 36.4 Å². The third-order valence-electron chi connectivity index (χ3n) is 4.44. The molecular weight excluding hydrogens is 457 g/mol. The van der Waals surface area contributed by atoms with Gasteiger partial charge >= 0.3 is 6.09 Å². The molecule has 1 aliphatic carbocycles. The SMILES string of the molecule is NC(=O)Oc1cc(C2(C(N)=O)C(c3cc(Cl)cc(Cl)c3)C2(Cl)Cl)ccc1Cl. The van der Waals surface area contributed by atoms with Gasteiger partial charge in [-0.2, -0.15) is 0 Å². The molecule has 1 saturated carbocycles. The van der Waals surface area contributed by atoms with E-state index in [1.165, 1.54) is 24.3 Å². The summed E-state index contributed by atoms with van der Waals surface area (Å²) in [4.78, 5) is 23.6. The molecule has 0 aromatic heterocycles. The lowest BCUT2D eigenvalue weighted by atomic mass is 9.90. The van der Waals surface area contributed by atoms with Gasteiger partial charge in [-0.1, -0.05) is 64.1 Å². The van der Waals surface area contributed by atoms with Gasteiger partial charge in [0.1, 0.15) is 9.75 Å². The fourth-order valence-corrected chi connectivity index (χ4v) is 5.14. The fourth-order valence-electron chi connectivity index (χ4n) is 3.35. The van der Waals surface area contributed by atoms with Crippen LogP contribution in [0.5, 0.6) is 5.75 Å². The first-order valence-electron chi connectivity index (χ1n) is 7.42. The quantitative estimate of drug-likeness (QED) is 0.631. The summed E-state index contributed by atoms with van der Waals surface area (Å²) < 4.78 is 3.27. The molecule has 0 radical (unpaired) electrons. The van der Waals surface area contributed by atoms with Crippen molar-refractivity contribution < 1.29 is 14.3 Å². The number of ether oxygens (including phenoxy) is 1. The van der Waals surface area contributed by atoms with Crippen molar-refractivity contribution in [3.05, 3.63) is 62.6 Å². The van der Waals surface area contributed by atoms with E-state index in [9.17, 15) is 9.59 Å². The number of halogens is 5. The molecule has 0 bridgehead atoms. The Morgan fingerprint density at radius 3 is 2.07 bits per heavy atom. The zero-order valence-electron chi connectivity index (χ0n) is 13.3. The van der Waals surface area contributed by atoms with Crippen molar-refractivity contribution in [2.24, 2.45) is 11.5 Å². The molecule has 1 aliphatic rings. The molecule has 0 aliphatic heterocycles. The van der Waals surface area contributed by atoms with Crippen LogP contribution in [0, 0.1) is 0 Å². The molecule has 0 spiro atoms. The van der Waals surface area contributed by atoms with Gasteiger partial charge in [-0.05, 0) is 41.5 Å². The van der Waals surface area contributed by atoms with Crippen molar-refractivity contribution in [3.8, 4) is 5.75 Å². The summed E-state index contributed by atoms with van der Waals surface area (Å²) >= 11 is 31.1. The first-order chi connectivity index (χ1) is 12.5. The van der Waals surface area contributed by atoms with Crippen LogP contribution in [0.4, 0.5) is 4.79 Å². The summed E-state index contributed by atoms with van der Waals surface area (Å²) in [6.07, 6.45) is -1.07. The Labute approximate surface area is 179 Å². The number of hydrogen-bond donors (Lipinski definition) is 2. The number of benzene rings is 2. The van der Waals surface area contributed by atoms with E-state index in [1.54, 1.807) is 12.1 Å². The maximum atomic E-state index is 12.5. The van der Waals surface area contributed by atoms with Crippen molar-refractivity contribution in [1.29, 1.82) is 0 Å². The molecule has 1 fully saturated rings. The van der Waals surface area contributed by atoms with E-state index in [2.05, 4.69) is 0 Å². The summed E-state index contributed by atoms with van der Waals surface area (Å²) in [6, 6.07) is 9.02. The zero-order chi connectivity index (χ0) is 20.1. The number of nitrogens with two attached hydrogens (primary N) is 2. The molecule has 4 N–H and O–H groups in total. The van der Waals surface area contributed by atoms with Crippen molar-refractivity contribution in [2.45, 2.75) is 15.7 Å². The number of primary amides is 2. The Morgan fingerprint density at radius 2 is 1.56 bits per heavy atom. The van der Waals surface area contributed by atoms with E-state index in [1.807, 2.05) is 0 Å². The lowest BCUT2D eigenvalue weighted by Crippen LogP contribution is -2.34. The molecular formula is C17H11Cl5N2O3. The van der Waals surface area contributed by atoms with Gasteiger partial charge in [0.15, 0.2) is 5.75 Å². The molecule has 2 aromatic carbocycles. The number of amides is 2. The van der Waals surface area contributed by atoms with Crippen LogP contribution in [0.3, 0.4) is 0 Å². The van der Waals surface area contributed by atoms with E-state index in [4.69, 9.17) is 74.2 Å². The van der Waals surface area contributed by atoms with Crippen LogP contribution < -0.4 is 16.2 Å². The van der Waals surface area contributed by atoms with Gasteiger partial charge in [0.2, 0.25) is 5.91 Å². The number of rotatable bonds is 4. The molecule has 142 valence electrons. The molecule has 2 aromatic rings. The predicted octanol–water partition coefficient (Wildman–Crippen LogP) is 4.80. The molecule has 10 heteroatoms. The average molecular weight is 469 g/mol. The van der Waals surface area contributed by atoms with Gasteiger partial charge in [-0.25, -0.2) is 4.79 Å². The Balaban J connectivity index is 2.18. The largest absolute Gasteiger partial charge is 0.410 e. The van der Waals surface area contributed by atoms with Crippen LogP contribution in [0.25, 0.3) is 0 Å². The Bertz CT molecular complexity index is 945. The van der Waals surface area contributed by atoms with Gasteiger partial charge in [0.25, 0.3) is 0 Å². The maximum Gasteiger partial charge on any atom is 0.410 e. The van der Waals surface area contributed by atoms with Gasteiger partial charge in [-0.3, -0.25) is 4.79 Å². The number of hydrogen-bond acceptors (Lipinski definition) is 3. The van der Waals surface area contributed by atoms with E-state index in [-0.39, 0.29) is 10.8 Å². The third kappa shape index (κ3) is 3.22. The van der Waals surface area contributed by atoms with Crippen LogP contribution in [-0.2, 0) is 10.2 Å². The van der Waals surface area contributed by atoms with Crippen molar-refractivity contribution in [3.63, 3.8) is 0 Å². The Morgan fingerprint density at radius 1 is 0.963 bits per heavy atom. The van der Waals surface area contributed by atoms with E-state index < -0.39 is 27.7 Å². The van der Waals surface area contributed by atoms with Gasteiger partial charge < -0.3 is 16.2 Å². The Kier molecular flexibility index (Phi) is 5.21. The highest BCUT2D eigenvalue weighted by atomic mass is 35.5. The average Bonchev–Trinajstić information content (AvgIpc) is 3.06. The number of carbonyl (C=O) groups excluding carboxylic acids is 2. The second-order valence-electron chi connectivity index (χ2n) is 6.00. The predicted molar refractivity (Wildman–Crippen MR) is 106 cm³/mol. The maximum absolute atomic E-state index is 12.5. The lowest BCUT2D eigenvalue weighted by molar-refractivity contribution is -0.120. The lowest BCUT2D eigenvalue weighted by Gasteiger charge is -2.17. The summed E-state index contributed by atoms with van der Waals surface area (Å²) in [7, 11) is 0. The summed E-state index contributed by atoms with van der Waals surface area (Å²) in [5.74, 6) is -1.58. The topological polar surface area (TPSA) is 95.4 Å². The Hall–Kier alpha value is -1.37. The minimum atomic E-state index is -1.59. The number of alkyl halides is 2. The third-order valence-corrected chi connectivity index (χ3v) is 6.22. The van der Waals surface area contributed by atoms with E-state index in [0.29, 0.717) is 21.2 Å². The number of carbonyl (C=O) groups is 2. The van der Waals surface area contributed by atoms with Crippen molar-refractivity contribution in [1.82, 2.24) is 0 Å². The minimum Gasteiger partial charge on any atom is -0.409 e.